The van der Waals surface area contributed by atoms with Crippen molar-refractivity contribution in [3.63, 3.8) is 0 Å². The van der Waals surface area contributed by atoms with Gasteiger partial charge in [-0.3, -0.25) is 4.79 Å². The third-order valence-electron chi connectivity index (χ3n) is 2.18. The molecule has 0 aromatic rings. The van der Waals surface area contributed by atoms with Crippen LogP contribution in [0.2, 0.25) is 0 Å². The summed E-state index contributed by atoms with van der Waals surface area (Å²) in [5, 5.41) is 0. The molecule has 0 radical (unpaired) electrons. The van der Waals surface area contributed by atoms with Gasteiger partial charge in [-0.1, -0.05) is 32.3 Å². The Morgan fingerprint density at radius 1 is 1.50 bits per heavy atom. The average Bonchev–Trinajstić information content (AvgIpc) is 2.03. The topological polar surface area (TPSA) is 17.1 Å². The summed E-state index contributed by atoms with van der Waals surface area (Å²) in [7, 11) is 0. The predicted octanol–water partition coefficient (Wildman–Crippen LogP) is 3.35. The Balaban J connectivity index is 3.63. The first-order valence-corrected chi connectivity index (χ1v) is 4.83. The van der Waals surface area contributed by atoms with E-state index in [2.05, 4.69) is 13.5 Å². The molecule has 0 saturated carbocycles. The Bertz CT molecular complexity index is 138. The van der Waals surface area contributed by atoms with Crippen LogP contribution < -0.4 is 0 Å². The van der Waals surface area contributed by atoms with Gasteiger partial charge >= 0.3 is 0 Å². The maximum absolute atomic E-state index is 11.1. The first kappa shape index (κ1) is 11.4. The van der Waals surface area contributed by atoms with Crippen LogP contribution in [0.15, 0.2) is 12.7 Å². The van der Waals surface area contributed by atoms with Crippen LogP contribution in [0.5, 0.6) is 0 Å². The second-order valence-corrected chi connectivity index (χ2v) is 3.33. The van der Waals surface area contributed by atoms with E-state index in [4.69, 9.17) is 0 Å². The fourth-order valence-electron chi connectivity index (χ4n) is 1.33. The fourth-order valence-corrected chi connectivity index (χ4v) is 1.33. The Morgan fingerprint density at radius 2 is 2.17 bits per heavy atom. The minimum absolute atomic E-state index is 0.231. The van der Waals surface area contributed by atoms with E-state index in [-0.39, 0.29) is 5.92 Å². The molecule has 1 atom stereocenters. The number of unbranched alkanes of at least 4 members (excludes halogenated alkanes) is 2. The molecule has 0 spiro atoms. The summed E-state index contributed by atoms with van der Waals surface area (Å²) in [5.74, 6) is 0.542. The first-order chi connectivity index (χ1) is 5.72. The van der Waals surface area contributed by atoms with E-state index in [1.165, 1.54) is 19.3 Å². The minimum Gasteiger partial charge on any atom is -0.300 e. The zero-order valence-corrected chi connectivity index (χ0v) is 8.31. The number of rotatable bonds is 7. The molecule has 0 aromatic heterocycles. The third kappa shape index (κ3) is 5.11. The monoisotopic (exact) mass is 168 g/mol. The van der Waals surface area contributed by atoms with Gasteiger partial charge in [-0.15, -0.1) is 6.58 Å². The van der Waals surface area contributed by atoms with Crippen molar-refractivity contribution < 1.29 is 4.79 Å². The highest BCUT2D eigenvalue weighted by molar-refractivity contribution is 5.78. The first-order valence-electron chi connectivity index (χ1n) is 4.83. The summed E-state index contributed by atoms with van der Waals surface area (Å²) >= 11 is 0. The second kappa shape index (κ2) is 7.08. The van der Waals surface area contributed by atoms with Crippen molar-refractivity contribution in [1.29, 1.82) is 0 Å². The molecule has 0 aliphatic heterocycles. The SMILES string of the molecule is C=CC[C@@H](CCCCC)C(C)=O. The van der Waals surface area contributed by atoms with Gasteiger partial charge in [0.25, 0.3) is 0 Å². The van der Waals surface area contributed by atoms with Crippen LogP contribution >= 0.6 is 0 Å². The zero-order valence-electron chi connectivity index (χ0n) is 8.31. The molecule has 1 heteroatoms. The van der Waals surface area contributed by atoms with Crippen molar-refractivity contribution in [3.05, 3.63) is 12.7 Å². The Morgan fingerprint density at radius 3 is 2.58 bits per heavy atom. The van der Waals surface area contributed by atoms with Crippen LogP contribution in [0.4, 0.5) is 0 Å². The van der Waals surface area contributed by atoms with Gasteiger partial charge < -0.3 is 0 Å². The van der Waals surface area contributed by atoms with Crippen LogP contribution in [-0.4, -0.2) is 5.78 Å². The highest BCUT2D eigenvalue weighted by atomic mass is 16.1. The maximum Gasteiger partial charge on any atom is 0.133 e. The molecular weight excluding hydrogens is 148 g/mol. The lowest BCUT2D eigenvalue weighted by Crippen LogP contribution is -2.09. The second-order valence-electron chi connectivity index (χ2n) is 3.33. The predicted molar refractivity (Wildman–Crippen MR) is 53.1 cm³/mol. The van der Waals surface area contributed by atoms with E-state index in [0.717, 1.165) is 12.8 Å². The minimum atomic E-state index is 0.231. The Labute approximate surface area is 75.9 Å². The lowest BCUT2D eigenvalue weighted by Gasteiger charge is -2.09. The van der Waals surface area contributed by atoms with Crippen molar-refractivity contribution in [2.24, 2.45) is 5.92 Å². The number of carbonyl (C=O) groups is 1. The molecule has 0 aliphatic rings. The summed E-state index contributed by atoms with van der Waals surface area (Å²) in [6.07, 6.45) is 7.36. The van der Waals surface area contributed by atoms with Crippen LogP contribution in [0.1, 0.15) is 46.0 Å². The maximum atomic E-state index is 11.1. The van der Waals surface area contributed by atoms with Crippen LogP contribution in [0.3, 0.4) is 0 Å². The molecule has 0 aliphatic carbocycles. The van der Waals surface area contributed by atoms with Gasteiger partial charge in [0.15, 0.2) is 0 Å². The highest BCUT2D eigenvalue weighted by Crippen LogP contribution is 2.14. The summed E-state index contributed by atoms with van der Waals surface area (Å²) < 4.78 is 0. The normalized spacial score (nSPS) is 12.5. The van der Waals surface area contributed by atoms with Gasteiger partial charge in [-0.2, -0.15) is 0 Å². The molecule has 0 heterocycles. The van der Waals surface area contributed by atoms with Crippen LogP contribution in [0, 0.1) is 5.92 Å². The fraction of sp³-hybridized carbons (Fsp3) is 0.727. The number of ketones is 1. The van der Waals surface area contributed by atoms with Gasteiger partial charge in [0.2, 0.25) is 0 Å². The average molecular weight is 168 g/mol. The third-order valence-corrected chi connectivity index (χ3v) is 2.18. The summed E-state index contributed by atoms with van der Waals surface area (Å²) in [6.45, 7) is 7.52. The number of Topliss-reactive ketones (excluding diaryl/α,β-unsaturated/α-hetero) is 1. The van der Waals surface area contributed by atoms with E-state index < -0.39 is 0 Å². The molecule has 70 valence electrons. The molecule has 0 saturated heterocycles. The van der Waals surface area contributed by atoms with E-state index in [0.29, 0.717) is 5.78 Å². The number of carbonyl (C=O) groups excluding carboxylic acids is 1. The van der Waals surface area contributed by atoms with Crippen LogP contribution in [0.25, 0.3) is 0 Å². The standard InChI is InChI=1S/C11H20O/c1-4-6-7-9-11(8-5-2)10(3)12/h5,11H,2,4,6-9H2,1,3H3/t11-/m0/s1. The molecule has 12 heavy (non-hydrogen) atoms. The number of hydrogen-bond donors (Lipinski definition) is 0. The quantitative estimate of drug-likeness (QED) is 0.421. The zero-order chi connectivity index (χ0) is 9.40. The molecule has 0 bridgehead atoms. The molecule has 0 rings (SSSR count). The summed E-state index contributed by atoms with van der Waals surface area (Å²) in [4.78, 5) is 11.1. The van der Waals surface area contributed by atoms with Crippen molar-refractivity contribution in [2.45, 2.75) is 46.0 Å². The Kier molecular flexibility index (Phi) is 6.73. The summed E-state index contributed by atoms with van der Waals surface area (Å²) in [5.41, 5.74) is 0. The molecule has 1 nitrogen and oxygen atoms in total. The number of hydrogen-bond acceptors (Lipinski definition) is 1. The van der Waals surface area contributed by atoms with Crippen molar-refractivity contribution >= 4 is 5.78 Å². The lowest BCUT2D eigenvalue weighted by molar-refractivity contribution is -0.120. The molecule has 0 fully saturated rings. The van der Waals surface area contributed by atoms with Crippen molar-refractivity contribution in [3.8, 4) is 0 Å². The highest BCUT2D eigenvalue weighted by Gasteiger charge is 2.10. The van der Waals surface area contributed by atoms with Gasteiger partial charge in [0.05, 0.1) is 0 Å². The molecule has 0 aromatic carbocycles. The van der Waals surface area contributed by atoms with Gasteiger partial charge in [0, 0.05) is 5.92 Å². The van der Waals surface area contributed by atoms with Gasteiger partial charge in [-0.05, 0) is 19.8 Å². The van der Waals surface area contributed by atoms with Crippen molar-refractivity contribution in [1.82, 2.24) is 0 Å². The molecule has 0 unspecified atom stereocenters. The Hall–Kier alpha value is -0.590. The largest absolute Gasteiger partial charge is 0.300 e. The lowest BCUT2D eigenvalue weighted by atomic mass is 9.94. The molecular formula is C11H20O. The van der Waals surface area contributed by atoms with E-state index in [1.54, 1.807) is 6.92 Å². The van der Waals surface area contributed by atoms with Gasteiger partial charge in [-0.25, -0.2) is 0 Å². The molecule has 0 amide bonds. The summed E-state index contributed by atoms with van der Waals surface area (Å²) in [6, 6.07) is 0. The van der Waals surface area contributed by atoms with Gasteiger partial charge in [0.1, 0.15) is 5.78 Å². The van der Waals surface area contributed by atoms with E-state index in [9.17, 15) is 4.79 Å². The molecule has 0 N–H and O–H groups in total. The van der Waals surface area contributed by atoms with E-state index in [1.807, 2.05) is 6.08 Å². The smallest absolute Gasteiger partial charge is 0.133 e. The van der Waals surface area contributed by atoms with Crippen LogP contribution in [-0.2, 0) is 4.79 Å². The number of allylic oxidation sites excluding steroid dienone is 1. The van der Waals surface area contributed by atoms with Crippen molar-refractivity contribution in [2.75, 3.05) is 0 Å². The van der Waals surface area contributed by atoms with E-state index >= 15 is 0 Å².